The third-order valence-electron chi connectivity index (χ3n) is 5.30. The van der Waals surface area contributed by atoms with Gasteiger partial charge in [-0.15, -0.1) is 0 Å². The number of piperidine rings is 1. The summed E-state index contributed by atoms with van der Waals surface area (Å²) in [7, 11) is 0. The number of nitrogens with zero attached hydrogens (tertiary/aromatic N) is 1. The molecule has 1 saturated heterocycles. The van der Waals surface area contributed by atoms with Crippen molar-refractivity contribution in [1.29, 1.82) is 0 Å². The van der Waals surface area contributed by atoms with Gasteiger partial charge in [0.2, 0.25) is 11.8 Å². The molecule has 0 radical (unpaired) electrons. The predicted molar refractivity (Wildman–Crippen MR) is 116 cm³/mol. The van der Waals surface area contributed by atoms with Crippen molar-refractivity contribution in [3.05, 3.63) is 29.3 Å². The van der Waals surface area contributed by atoms with Gasteiger partial charge < -0.3 is 18.9 Å². The third kappa shape index (κ3) is 6.37. The van der Waals surface area contributed by atoms with Crippen molar-refractivity contribution >= 4 is 23.6 Å². The number of ether oxygens (including phenoxy) is 4. The van der Waals surface area contributed by atoms with E-state index in [1.54, 1.807) is 12.1 Å². The molecule has 1 unspecified atom stereocenters. The lowest BCUT2D eigenvalue weighted by Gasteiger charge is -2.27. The summed E-state index contributed by atoms with van der Waals surface area (Å²) in [5, 5.41) is 2.18. The average molecular weight is 462 g/mol. The van der Waals surface area contributed by atoms with Crippen LogP contribution in [-0.2, 0) is 23.8 Å². The van der Waals surface area contributed by atoms with Crippen LogP contribution in [0.2, 0.25) is 0 Å². The lowest BCUT2D eigenvalue weighted by Crippen LogP contribution is -2.54. The Bertz CT molecular complexity index is 872. The zero-order valence-corrected chi connectivity index (χ0v) is 18.8. The molecule has 10 nitrogen and oxygen atoms in total. The van der Waals surface area contributed by atoms with Crippen LogP contribution in [0.5, 0.6) is 5.75 Å². The van der Waals surface area contributed by atoms with Crippen LogP contribution in [0.15, 0.2) is 18.2 Å². The SMILES string of the molecule is CCCCOCCOCCOCCOc1cccc2c1C(=O)N(C1CCC(=O)NC1=O)C2=O. The van der Waals surface area contributed by atoms with Gasteiger partial charge >= 0.3 is 0 Å². The van der Waals surface area contributed by atoms with Crippen molar-refractivity contribution in [2.24, 2.45) is 0 Å². The largest absolute Gasteiger partial charge is 0.490 e. The molecule has 1 aromatic rings. The maximum Gasteiger partial charge on any atom is 0.266 e. The molecule has 4 amide bonds. The van der Waals surface area contributed by atoms with Crippen LogP contribution in [0.1, 0.15) is 53.3 Å². The number of unbranched alkanes of at least 4 members (excludes halogenated alkanes) is 1. The Kier molecular flexibility index (Phi) is 9.35. The van der Waals surface area contributed by atoms with Gasteiger partial charge in [0.05, 0.1) is 44.2 Å². The smallest absolute Gasteiger partial charge is 0.266 e. The molecular formula is C23H30N2O8. The number of rotatable bonds is 14. The first-order valence-corrected chi connectivity index (χ1v) is 11.2. The molecule has 0 aliphatic carbocycles. The number of nitrogens with one attached hydrogen (secondary N) is 1. The molecule has 2 aliphatic heterocycles. The number of hydrogen-bond donors (Lipinski definition) is 1. The first-order chi connectivity index (χ1) is 16.0. The Morgan fingerprint density at radius 1 is 0.909 bits per heavy atom. The third-order valence-corrected chi connectivity index (χ3v) is 5.30. The van der Waals surface area contributed by atoms with E-state index < -0.39 is 29.7 Å². The Hall–Kier alpha value is -2.82. The zero-order chi connectivity index (χ0) is 23.6. The van der Waals surface area contributed by atoms with E-state index in [1.165, 1.54) is 6.07 Å². The molecule has 2 heterocycles. The Balaban J connectivity index is 1.43. The number of imide groups is 2. The number of fused-ring (bicyclic) bond motifs is 1. The molecule has 2 aliphatic rings. The van der Waals surface area contributed by atoms with E-state index in [9.17, 15) is 19.2 Å². The lowest BCUT2D eigenvalue weighted by molar-refractivity contribution is -0.136. The van der Waals surface area contributed by atoms with Crippen molar-refractivity contribution in [3.63, 3.8) is 0 Å². The monoisotopic (exact) mass is 462 g/mol. The summed E-state index contributed by atoms with van der Waals surface area (Å²) in [6.45, 7) is 5.22. The minimum Gasteiger partial charge on any atom is -0.490 e. The van der Waals surface area contributed by atoms with Crippen LogP contribution in [0.4, 0.5) is 0 Å². The van der Waals surface area contributed by atoms with Gasteiger partial charge in [-0.3, -0.25) is 29.4 Å². The van der Waals surface area contributed by atoms with Gasteiger partial charge in [0.1, 0.15) is 18.4 Å². The topological polar surface area (TPSA) is 120 Å². The molecule has 180 valence electrons. The predicted octanol–water partition coefficient (Wildman–Crippen LogP) is 1.32. The van der Waals surface area contributed by atoms with E-state index in [0.717, 1.165) is 24.3 Å². The number of hydrogen-bond acceptors (Lipinski definition) is 8. The quantitative estimate of drug-likeness (QED) is 0.325. The summed E-state index contributed by atoms with van der Waals surface area (Å²) < 4.78 is 22.0. The number of benzene rings is 1. The Labute approximate surface area is 192 Å². The van der Waals surface area contributed by atoms with Crippen LogP contribution < -0.4 is 10.1 Å². The van der Waals surface area contributed by atoms with Gasteiger partial charge in [0.15, 0.2) is 0 Å². The molecule has 10 heteroatoms. The second-order valence-electron chi connectivity index (χ2n) is 7.67. The first-order valence-electron chi connectivity index (χ1n) is 11.2. The number of carbonyl (C=O) groups is 4. The minimum atomic E-state index is -1.01. The van der Waals surface area contributed by atoms with E-state index in [2.05, 4.69) is 12.2 Å². The van der Waals surface area contributed by atoms with Crippen LogP contribution in [0, 0.1) is 0 Å². The number of amides is 4. The van der Waals surface area contributed by atoms with Crippen molar-refractivity contribution in [2.45, 2.75) is 38.6 Å². The van der Waals surface area contributed by atoms with Gasteiger partial charge in [-0.2, -0.15) is 0 Å². The number of carbonyl (C=O) groups excluding carboxylic acids is 4. The Morgan fingerprint density at radius 2 is 1.58 bits per heavy atom. The molecule has 0 bridgehead atoms. The summed E-state index contributed by atoms with van der Waals surface area (Å²) in [5.41, 5.74) is 0.302. The average Bonchev–Trinajstić information content (AvgIpc) is 3.05. The fourth-order valence-electron chi connectivity index (χ4n) is 3.60. The van der Waals surface area contributed by atoms with Gasteiger partial charge in [-0.25, -0.2) is 0 Å². The summed E-state index contributed by atoms with van der Waals surface area (Å²) >= 11 is 0. The minimum absolute atomic E-state index is 0.0695. The van der Waals surface area contributed by atoms with Crippen LogP contribution in [0.3, 0.4) is 0 Å². The standard InChI is InChI=1S/C23H30N2O8/c1-2-3-9-30-10-11-31-12-13-32-14-15-33-18-6-4-5-16-20(18)23(29)25(22(16)28)17-7-8-19(26)24-21(17)27/h4-6,17H,2-3,7-15H2,1H3,(H,24,26,27). The van der Waals surface area contributed by atoms with E-state index in [0.29, 0.717) is 26.4 Å². The highest BCUT2D eigenvalue weighted by molar-refractivity contribution is 6.24. The van der Waals surface area contributed by atoms with Crippen molar-refractivity contribution in [2.75, 3.05) is 46.2 Å². The molecule has 1 fully saturated rings. The summed E-state index contributed by atoms with van der Waals surface area (Å²) in [4.78, 5) is 50.3. The summed E-state index contributed by atoms with van der Waals surface area (Å²) in [6, 6.07) is 3.72. The van der Waals surface area contributed by atoms with Crippen LogP contribution in [-0.4, -0.2) is 80.8 Å². The van der Waals surface area contributed by atoms with Crippen molar-refractivity contribution in [1.82, 2.24) is 10.2 Å². The molecule has 1 N–H and O–H groups in total. The van der Waals surface area contributed by atoms with E-state index in [4.69, 9.17) is 18.9 Å². The highest BCUT2D eigenvalue weighted by Crippen LogP contribution is 2.33. The molecule has 1 atom stereocenters. The van der Waals surface area contributed by atoms with E-state index in [-0.39, 0.29) is 42.9 Å². The molecule has 0 aromatic heterocycles. The molecule has 3 rings (SSSR count). The molecule has 0 spiro atoms. The fraction of sp³-hybridized carbons (Fsp3) is 0.565. The zero-order valence-electron chi connectivity index (χ0n) is 18.8. The van der Waals surface area contributed by atoms with Gasteiger partial charge in [0, 0.05) is 13.0 Å². The molecular weight excluding hydrogens is 432 g/mol. The Morgan fingerprint density at radius 3 is 2.24 bits per heavy atom. The van der Waals surface area contributed by atoms with Crippen molar-refractivity contribution in [3.8, 4) is 5.75 Å². The summed E-state index contributed by atoms with van der Waals surface area (Å²) in [6.07, 6.45) is 2.32. The normalized spacial score (nSPS) is 18.0. The van der Waals surface area contributed by atoms with Gasteiger partial charge in [0.25, 0.3) is 11.8 Å². The van der Waals surface area contributed by atoms with E-state index >= 15 is 0 Å². The lowest BCUT2D eigenvalue weighted by atomic mass is 10.0. The maximum atomic E-state index is 13.0. The summed E-state index contributed by atoms with van der Waals surface area (Å²) in [5.74, 6) is -1.98. The highest BCUT2D eigenvalue weighted by Gasteiger charge is 2.45. The van der Waals surface area contributed by atoms with Gasteiger partial charge in [-0.1, -0.05) is 19.4 Å². The molecule has 1 aromatic carbocycles. The highest BCUT2D eigenvalue weighted by atomic mass is 16.6. The molecule has 0 saturated carbocycles. The first kappa shape index (κ1) is 24.8. The molecule has 33 heavy (non-hydrogen) atoms. The van der Waals surface area contributed by atoms with Crippen molar-refractivity contribution < 1.29 is 38.1 Å². The second-order valence-corrected chi connectivity index (χ2v) is 7.67. The second kappa shape index (κ2) is 12.4. The van der Waals surface area contributed by atoms with E-state index in [1.807, 2.05) is 0 Å². The maximum absolute atomic E-state index is 13.0. The fourth-order valence-corrected chi connectivity index (χ4v) is 3.60. The van der Waals surface area contributed by atoms with Crippen LogP contribution >= 0.6 is 0 Å². The van der Waals surface area contributed by atoms with Gasteiger partial charge in [-0.05, 0) is 25.0 Å². The van der Waals surface area contributed by atoms with Crippen LogP contribution in [0.25, 0.3) is 0 Å².